The number of hydrogen-bond acceptors (Lipinski definition) is 4. The lowest BCUT2D eigenvalue weighted by Gasteiger charge is -2.26. The van der Waals surface area contributed by atoms with E-state index in [9.17, 15) is 9.59 Å². The fourth-order valence-electron chi connectivity index (χ4n) is 2.63. The third-order valence-corrected chi connectivity index (χ3v) is 4.75. The van der Waals surface area contributed by atoms with E-state index in [1.54, 1.807) is 38.1 Å². The first kappa shape index (κ1) is 21.5. The highest BCUT2D eigenvalue weighted by atomic mass is 35.5. The molecule has 5 heteroatoms. The van der Waals surface area contributed by atoms with Crippen molar-refractivity contribution in [3.05, 3.63) is 29.3 Å². The summed E-state index contributed by atoms with van der Waals surface area (Å²) < 4.78 is 10.8. The van der Waals surface area contributed by atoms with Crippen LogP contribution in [0.2, 0.25) is 5.02 Å². The minimum Gasteiger partial charge on any atom is -0.465 e. The van der Waals surface area contributed by atoms with E-state index in [4.69, 9.17) is 21.1 Å². The van der Waals surface area contributed by atoms with Gasteiger partial charge in [0.1, 0.15) is 5.75 Å². The standard InChI is InChI=1S/C20H29ClO4/c1-4-7-8-9-10-15-24-18(22)20(5-2,6-3)19(23)25-17-13-11-16(21)12-14-17/h11-14H,4-10,15H2,1-3H3. The van der Waals surface area contributed by atoms with E-state index in [1.165, 1.54) is 12.8 Å². The van der Waals surface area contributed by atoms with E-state index in [0.717, 1.165) is 19.3 Å². The van der Waals surface area contributed by atoms with Crippen molar-refractivity contribution in [1.82, 2.24) is 0 Å². The monoisotopic (exact) mass is 368 g/mol. The Bertz CT molecular complexity index is 535. The van der Waals surface area contributed by atoms with Gasteiger partial charge in [-0.1, -0.05) is 58.1 Å². The van der Waals surface area contributed by atoms with Crippen molar-refractivity contribution in [1.29, 1.82) is 0 Å². The molecule has 0 aliphatic heterocycles. The second-order valence-electron chi connectivity index (χ2n) is 6.18. The van der Waals surface area contributed by atoms with Crippen LogP contribution in [0.1, 0.15) is 65.7 Å². The van der Waals surface area contributed by atoms with Crippen molar-refractivity contribution in [2.24, 2.45) is 5.41 Å². The Hall–Kier alpha value is -1.55. The lowest BCUT2D eigenvalue weighted by atomic mass is 9.82. The minimum atomic E-state index is -1.26. The number of esters is 2. The average molecular weight is 369 g/mol. The Balaban J connectivity index is 2.65. The molecule has 0 radical (unpaired) electrons. The number of carbonyl (C=O) groups is 2. The molecule has 0 heterocycles. The zero-order valence-electron chi connectivity index (χ0n) is 15.5. The molecule has 25 heavy (non-hydrogen) atoms. The maximum atomic E-state index is 12.6. The van der Waals surface area contributed by atoms with Crippen LogP contribution in [0.5, 0.6) is 5.75 Å². The summed E-state index contributed by atoms with van der Waals surface area (Å²) in [6.45, 7) is 6.10. The molecule has 0 amide bonds. The van der Waals surface area contributed by atoms with E-state index in [1.807, 2.05) is 0 Å². The quantitative estimate of drug-likeness (QED) is 0.222. The summed E-state index contributed by atoms with van der Waals surface area (Å²) in [5.41, 5.74) is -1.26. The van der Waals surface area contributed by atoms with Crippen molar-refractivity contribution >= 4 is 23.5 Å². The number of unbranched alkanes of at least 4 members (excludes halogenated alkanes) is 4. The third-order valence-electron chi connectivity index (χ3n) is 4.49. The van der Waals surface area contributed by atoms with Crippen LogP contribution >= 0.6 is 11.6 Å². The fourth-order valence-corrected chi connectivity index (χ4v) is 2.75. The van der Waals surface area contributed by atoms with Crippen molar-refractivity contribution in [3.63, 3.8) is 0 Å². The summed E-state index contributed by atoms with van der Waals surface area (Å²) in [4.78, 5) is 25.2. The molecule has 0 N–H and O–H groups in total. The van der Waals surface area contributed by atoms with Gasteiger partial charge in [0, 0.05) is 5.02 Å². The highest BCUT2D eigenvalue weighted by molar-refractivity contribution is 6.30. The van der Waals surface area contributed by atoms with Gasteiger partial charge in [0.05, 0.1) is 6.61 Å². The van der Waals surface area contributed by atoms with Crippen molar-refractivity contribution in [3.8, 4) is 5.75 Å². The first-order valence-electron chi connectivity index (χ1n) is 9.15. The topological polar surface area (TPSA) is 52.6 Å². The second kappa shape index (κ2) is 11.1. The fraction of sp³-hybridized carbons (Fsp3) is 0.600. The lowest BCUT2D eigenvalue weighted by Crippen LogP contribution is -2.42. The maximum absolute atomic E-state index is 12.6. The molecule has 1 aromatic carbocycles. The van der Waals surface area contributed by atoms with Gasteiger partial charge >= 0.3 is 11.9 Å². The minimum absolute atomic E-state index is 0.338. The predicted molar refractivity (Wildman–Crippen MR) is 99.8 cm³/mol. The molecule has 0 aromatic heterocycles. The highest BCUT2D eigenvalue weighted by Crippen LogP contribution is 2.31. The van der Waals surface area contributed by atoms with Crippen molar-refractivity contribution in [2.75, 3.05) is 6.61 Å². The van der Waals surface area contributed by atoms with Crippen LogP contribution in [-0.2, 0) is 14.3 Å². The molecule has 140 valence electrons. The molecule has 1 rings (SSSR count). The summed E-state index contributed by atoms with van der Waals surface area (Å²) in [6.07, 6.45) is 6.03. The van der Waals surface area contributed by atoms with Gasteiger partial charge in [-0.15, -0.1) is 0 Å². The van der Waals surface area contributed by atoms with Gasteiger partial charge < -0.3 is 9.47 Å². The molecular formula is C20H29ClO4. The lowest BCUT2D eigenvalue weighted by molar-refractivity contribution is -0.168. The Morgan fingerprint density at radius 1 is 0.920 bits per heavy atom. The molecule has 0 saturated carbocycles. The van der Waals surface area contributed by atoms with E-state index < -0.39 is 17.4 Å². The van der Waals surface area contributed by atoms with Gasteiger partial charge in [-0.05, 0) is 43.5 Å². The number of carbonyl (C=O) groups excluding carboxylic acids is 2. The van der Waals surface area contributed by atoms with E-state index in [-0.39, 0.29) is 0 Å². The molecule has 0 unspecified atom stereocenters. The van der Waals surface area contributed by atoms with E-state index >= 15 is 0 Å². The normalized spacial score (nSPS) is 11.2. The van der Waals surface area contributed by atoms with Gasteiger partial charge in [-0.3, -0.25) is 9.59 Å². The van der Waals surface area contributed by atoms with Gasteiger partial charge in [0.15, 0.2) is 5.41 Å². The van der Waals surface area contributed by atoms with Gasteiger partial charge in [-0.2, -0.15) is 0 Å². The van der Waals surface area contributed by atoms with E-state index in [0.29, 0.717) is 30.2 Å². The average Bonchev–Trinajstić information content (AvgIpc) is 2.61. The van der Waals surface area contributed by atoms with Gasteiger partial charge in [-0.25, -0.2) is 0 Å². The molecular weight excluding hydrogens is 340 g/mol. The van der Waals surface area contributed by atoms with Crippen LogP contribution in [-0.4, -0.2) is 18.5 Å². The first-order valence-corrected chi connectivity index (χ1v) is 9.53. The van der Waals surface area contributed by atoms with Crippen LogP contribution in [0.3, 0.4) is 0 Å². The summed E-state index contributed by atoms with van der Waals surface area (Å²) >= 11 is 5.83. The molecule has 0 spiro atoms. The number of halogens is 1. The summed E-state index contributed by atoms with van der Waals surface area (Å²) in [5.74, 6) is -0.698. The summed E-state index contributed by atoms with van der Waals surface area (Å²) in [6, 6.07) is 6.49. The van der Waals surface area contributed by atoms with E-state index in [2.05, 4.69) is 6.92 Å². The molecule has 0 bridgehead atoms. The molecule has 0 atom stereocenters. The van der Waals surface area contributed by atoms with Crippen LogP contribution in [0.4, 0.5) is 0 Å². The van der Waals surface area contributed by atoms with Crippen molar-refractivity contribution in [2.45, 2.75) is 65.7 Å². The molecule has 4 nitrogen and oxygen atoms in total. The van der Waals surface area contributed by atoms with Gasteiger partial charge in [0.2, 0.25) is 0 Å². The van der Waals surface area contributed by atoms with Crippen LogP contribution < -0.4 is 4.74 Å². The van der Waals surface area contributed by atoms with Gasteiger partial charge in [0.25, 0.3) is 0 Å². The van der Waals surface area contributed by atoms with Crippen LogP contribution in [0.15, 0.2) is 24.3 Å². The summed E-state index contributed by atoms with van der Waals surface area (Å²) in [7, 11) is 0. The Labute approximate surface area is 155 Å². The zero-order valence-corrected chi connectivity index (χ0v) is 16.2. The zero-order chi connectivity index (χ0) is 18.7. The molecule has 0 saturated heterocycles. The Morgan fingerprint density at radius 3 is 2.08 bits per heavy atom. The van der Waals surface area contributed by atoms with Crippen molar-refractivity contribution < 1.29 is 19.1 Å². The number of ether oxygens (including phenoxy) is 2. The predicted octanol–water partition coefficient (Wildman–Crippen LogP) is 5.57. The van der Waals surface area contributed by atoms with Crippen LogP contribution in [0.25, 0.3) is 0 Å². The Kier molecular flexibility index (Phi) is 9.58. The SMILES string of the molecule is CCCCCCCOC(=O)C(CC)(CC)C(=O)Oc1ccc(Cl)cc1. The summed E-state index contributed by atoms with van der Waals surface area (Å²) in [5, 5.41) is 0.555. The largest absolute Gasteiger partial charge is 0.465 e. The third kappa shape index (κ3) is 6.35. The molecule has 0 aliphatic carbocycles. The second-order valence-corrected chi connectivity index (χ2v) is 6.62. The number of hydrogen-bond donors (Lipinski definition) is 0. The highest BCUT2D eigenvalue weighted by Gasteiger charge is 2.46. The smallest absolute Gasteiger partial charge is 0.328 e. The molecule has 1 aromatic rings. The first-order chi connectivity index (χ1) is 12.0. The Morgan fingerprint density at radius 2 is 1.52 bits per heavy atom. The molecule has 0 fully saturated rings. The number of benzene rings is 1. The number of rotatable bonds is 11. The maximum Gasteiger partial charge on any atom is 0.328 e. The molecule has 0 aliphatic rings. The van der Waals surface area contributed by atoms with Crippen LogP contribution in [0, 0.1) is 5.41 Å².